The van der Waals surface area contributed by atoms with Gasteiger partial charge in [-0.2, -0.15) is 0 Å². The molecule has 0 spiro atoms. The zero-order valence-electron chi connectivity index (χ0n) is 9.75. The van der Waals surface area contributed by atoms with E-state index >= 15 is 0 Å². The van der Waals surface area contributed by atoms with E-state index in [1.807, 2.05) is 31.2 Å². The quantitative estimate of drug-likeness (QED) is 0.753. The fraction of sp³-hybridized carbons (Fsp3) is 0.250. The predicted molar refractivity (Wildman–Crippen MR) is 63.1 cm³/mol. The Morgan fingerprint density at radius 3 is 2.94 bits per heavy atom. The highest BCUT2D eigenvalue weighted by atomic mass is 16.5. The lowest BCUT2D eigenvalue weighted by Gasteiger charge is -2.02. The lowest BCUT2D eigenvalue weighted by atomic mass is 10.1. The SMILES string of the molecule is CCn1nnc(-c2cccc(OC)c2)c1C=O. The van der Waals surface area contributed by atoms with Gasteiger partial charge < -0.3 is 4.74 Å². The molecule has 1 aromatic heterocycles. The summed E-state index contributed by atoms with van der Waals surface area (Å²) in [6.45, 7) is 2.53. The second-order valence-corrected chi connectivity index (χ2v) is 3.49. The van der Waals surface area contributed by atoms with Gasteiger partial charge in [-0.3, -0.25) is 4.79 Å². The highest BCUT2D eigenvalue weighted by Gasteiger charge is 2.13. The number of nitrogens with zero attached hydrogens (tertiary/aromatic N) is 3. The maximum Gasteiger partial charge on any atom is 0.170 e. The predicted octanol–water partition coefficient (Wildman–Crippen LogP) is 1.79. The first-order chi connectivity index (χ1) is 8.30. The molecule has 0 atom stereocenters. The lowest BCUT2D eigenvalue weighted by Crippen LogP contribution is -2.01. The molecule has 88 valence electrons. The molecular weight excluding hydrogens is 218 g/mol. The molecule has 0 radical (unpaired) electrons. The van der Waals surface area contributed by atoms with Crippen molar-refractivity contribution in [3.05, 3.63) is 30.0 Å². The van der Waals surface area contributed by atoms with Gasteiger partial charge in [-0.15, -0.1) is 5.10 Å². The molecule has 0 aliphatic carbocycles. The van der Waals surface area contributed by atoms with E-state index in [2.05, 4.69) is 10.3 Å². The average molecular weight is 231 g/mol. The zero-order valence-corrected chi connectivity index (χ0v) is 9.75. The van der Waals surface area contributed by atoms with Gasteiger partial charge in [0.2, 0.25) is 0 Å². The average Bonchev–Trinajstić information content (AvgIpc) is 2.81. The Bertz CT molecular complexity index is 534. The van der Waals surface area contributed by atoms with Gasteiger partial charge in [0.05, 0.1) is 7.11 Å². The lowest BCUT2D eigenvalue weighted by molar-refractivity contribution is 0.111. The molecule has 0 saturated carbocycles. The number of benzene rings is 1. The molecule has 0 saturated heterocycles. The highest BCUT2D eigenvalue weighted by Crippen LogP contribution is 2.24. The first kappa shape index (κ1) is 11.3. The molecular formula is C12H13N3O2. The first-order valence-electron chi connectivity index (χ1n) is 5.33. The van der Waals surface area contributed by atoms with E-state index in [1.54, 1.807) is 11.8 Å². The van der Waals surface area contributed by atoms with Crippen LogP contribution in [0.3, 0.4) is 0 Å². The van der Waals surface area contributed by atoms with Gasteiger partial charge in [0.1, 0.15) is 17.1 Å². The Hall–Kier alpha value is -2.17. The van der Waals surface area contributed by atoms with E-state index in [4.69, 9.17) is 4.74 Å². The molecule has 0 aliphatic rings. The van der Waals surface area contributed by atoms with E-state index < -0.39 is 0 Å². The minimum atomic E-state index is 0.487. The van der Waals surface area contributed by atoms with Gasteiger partial charge in [-0.1, -0.05) is 17.3 Å². The van der Waals surface area contributed by atoms with E-state index in [0.29, 0.717) is 17.9 Å². The van der Waals surface area contributed by atoms with Gasteiger partial charge in [0.15, 0.2) is 6.29 Å². The Balaban J connectivity index is 2.52. The van der Waals surface area contributed by atoms with Crippen molar-refractivity contribution in [3.8, 4) is 17.0 Å². The number of rotatable bonds is 4. The van der Waals surface area contributed by atoms with Gasteiger partial charge in [-0.25, -0.2) is 4.68 Å². The first-order valence-corrected chi connectivity index (χ1v) is 5.33. The monoisotopic (exact) mass is 231 g/mol. The summed E-state index contributed by atoms with van der Waals surface area (Å²) in [6.07, 6.45) is 0.776. The van der Waals surface area contributed by atoms with Crippen molar-refractivity contribution in [1.82, 2.24) is 15.0 Å². The summed E-state index contributed by atoms with van der Waals surface area (Å²) in [4.78, 5) is 11.1. The fourth-order valence-corrected chi connectivity index (χ4v) is 1.65. The summed E-state index contributed by atoms with van der Waals surface area (Å²) in [5.74, 6) is 0.727. The Kier molecular flexibility index (Phi) is 3.18. The van der Waals surface area contributed by atoms with Crippen LogP contribution in [0.5, 0.6) is 5.75 Å². The van der Waals surface area contributed by atoms with Crippen LogP contribution in [0.15, 0.2) is 24.3 Å². The van der Waals surface area contributed by atoms with Crippen molar-refractivity contribution in [3.63, 3.8) is 0 Å². The van der Waals surface area contributed by atoms with Crippen LogP contribution in [-0.4, -0.2) is 28.4 Å². The maximum atomic E-state index is 11.1. The van der Waals surface area contributed by atoms with Crippen LogP contribution in [0.1, 0.15) is 17.4 Å². The number of aromatic nitrogens is 3. The molecule has 0 amide bonds. The van der Waals surface area contributed by atoms with Gasteiger partial charge in [0.25, 0.3) is 0 Å². The second-order valence-electron chi connectivity index (χ2n) is 3.49. The van der Waals surface area contributed by atoms with Gasteiger partial charge >= 0.3 is 0 Å². The molecule has 0 aliphatic heterocycles. The summed E-state index contributed by atoms with van der Waals surface area (Å²) < 4.78 is 6.71. The second kappa shape index (κ2) is 4.78. The van der Waals surface area contributed by atoms with Crippen LogP contribution in [-0.2, 0) is 6.54 Å². The fourth-order valence-electron chi connectivity index (χ4n) is 1.65. The molecule has 0 bridgehead atoms. The molecule has 2 aromatic rings. The molecule has 0 N–H and O–H groups in total. The van der Waals surface area contributed by atoms with Crippen molar-refractivity contribution < 1.29 is 9.53 Å². The van der Waals surface area contributed by atoms with E-state index in [9.17, 15) is 4.79 Å². The molecule has 17 heavy (non-hydrogen) atoms. The minimum Gasteiger partial charge on any atom is -0.497 e. The maximum absolute atomic E-state index is 11.1. The number of aryl methyl sites for hydroxylation is 1. The number of hydrogen-bond acceptors (Lipinski definition) is 4. The van der Waals surface area contributed by atoms with E-state index in [0.717, 1.165) is 17.6 Å². The van der Waals surface area contributed by atoms with E-state index in [-0.39, 0.29) is 0 Å². The smallest absolute Gasteiger partial charge is 0.170 e. The molecule has 2 rings (SSSR count). The van der Waals surface area contributed by atoms with Crippen LogP contribution in [0, 0.1) is 0 Å². The normalized spacial score (nSPS) is 10.2. The van der Waals surface area contributed by atoms with Crippen LogP contribution in [0.2, 0.25) is 0 Å². The number of aldehydes is 1. The third kappa shape index (κ3) is 2.04. The van der Waals surface area contributed by atoms with Crippen LogP contribution in [0.25, 0.3) is 11.3 Å². The van der Waals surface area contributed by atoms with Gasteiger partial charge in [0, 0.05) is 12.1 Å². The minimum absolute atomic E-state index is 0.487. The van der Waals surface area contributed by atoms with Crippen molar-refractivity contribution in [2.45, 2.75) is 13.5 Å². The van der Waals surface area contributed by atoms with Crippen LogP contribution in [0.4, 0.5) is 0 Å². The van der Waals surface area contributed by atoms with Crippen molar-refractivity contribution in [2.75, 3.05) is 7.11 Å². The summed E-state index contributed by atoms with van der Waals surface area (Å²) in [5, 5.41) is 7.96. The molecule has 5 nitrogen and oxygen atoms in total. The number of hydrogen-bond donors (Lipinski definition) is 0. The zero-order chi connectivity index (χ0) is 12.3. The van der Waals surface area contributed by atoms with Crippen molar-refractivity contribution in [1.29, 1.82) is 0 Å². The largest absolute Gasteiger partial charge is 0.497 e. The Morgan fingerprint density at radius 2 is 2.29 bits per heavy atom. The van der Waals surface area contributed by atoms with Gasteiger partial charge in [-0.05, 0) is 19.1 Å². The standard InChI is InChI=1S/C12H13N3O2/c1-3-15-11(8-16)12(13-14-15)9-5-4-6-10(7-9)17-2/h4-8H,3H2,1-2H3. The Morgan fingerprint density at radius 1 is 1.47 bits per heavy atom. The highest BCUT2D eigenvalue weighted by molar-refractivity contribution is 5.83. The number of carbonyl (C=O) groups excluding carboxylic acids is 1. The Labute approximate surface area is 99.0 Å². The molecule has 1 aromatic carbocycles. The molecule has 0 fully saturated rings. The van der Waals surface area contributed by atoms with Crippen molar-refractivity contribution >= 4 is 6.29 Å². The number of methoxy groups -OCH3 is 1. The van der Waals surface area contributed by atoms with Crippen LogP contribution < -0.4 is 4.74 Å². The third-order valence-corrected chi connectivity index (χ3v) is 2.53. The summed E-state index contributed by atoms with van der Waals surface area (Å²) in [5.41, 5.74) is 1.90. The summed E-state index contributed by atoms with van der Waals surface area (Å²) in [6, 6.07) is 7.40. The molecule has 5 heteroatoms. The molecule has 0 unspecified atom stereocenters. The summed E-state index contributed by atoms with van der Waals surface area (Å²) >= 11 is 0. The summed E-state index contributed by atoms with van der Waals surface area (Å²) in [7, 11) is 1.60. The third-order valence-electron chi connectivity index (χ3n) is 2.53. The van der Waals surface area contributed by atoms with Crippen LogP contribution >= 0.6 is 0 Å². The van der Waals surface area contributed by atoms with Crippen molar-refractivity contribution in [2.24, 2.45) is 0 Å². The van der Waals surface area contributed by atoms with E-state index in [1.165, 1.54) is 0 Å². The number of ether oxygens (including phenoxy) is 1. The molecule has 1 heterocycles. The number of carbonyl (C=O) groups is 1. The topological polar surface area (TPSA) is 57.0 Å².